The number of ether oxygens (including phenoxy) is 1. The zero-order chi connectivity index (χ0) is 18.2. The molecule has 0 amide bonds. The van der Waals surface area contributed by atoms with Crippen molar-refractivity contribution < 1.29 is 4.74 Å². The number of anilines is 2. The molecule has 1 aromatic carbocycles. The van der Waals surface area contributed by atoms with Gasteiger partial charge in [0.2, 0.25) is 5.95 Å². The maximum Gasteiger partial charge on any atom is 0.224 e. The molecule has 3 rings (SSSR count). The lowest BCUT2D eigenvalue weighted by molar-refractivity contribution is 0.0398. The van der Waals surface area contributed by atoms with Crippen LogP contribution in [0.25, 0.3) is 0 Å². The molecule has 0 unspecified atom stereocenters. The molecule has 1 aliphatic rings. The second-order valence-corrected chi connectivity index (χ2v) is 6.90. The van der Waals surface area contributed by atoms with Crippen LogP contribution in [0.3, 0.4) is 0 Å². The van der Waals surface area contributed by atoms with Gasteiger partial charge in [0.15, 0.2) is 0 Å². The zero-order valence-corrected chi connectivity index (χ0v) is 16.1. The van der Waals surface area contributed by atoms with Crippen molar-refractivity contribution in [2.45, 2.75) is 6.42 Å². The first-order valence-corrected chi connectivity index (χ1v) is 9.51. The molecule has 140 valence electrons. The highest BCUT2D eigenvalue weighted by molar-refractivity contribution is 6.35. The Bertz CT molecular complexity index is 710. The molecule has 2 heterocycles. The first-order valence-electron chi connectivity index (χ1n) is 8.75. The lowest BCUT2D eigenvalue weighted by Crippen LogP contribution is -2.39. The predicted octanol–water partition coefficient (Wildman–Crippen LogP) is 3.18. The van der Waals surface area contributed by atoms with Crippen LogP contribution in [0.1, 0.15) is 5.56 Å². The van der Waals surface area contributed by atoms with Gasteiger partial charge in [-0.15, -0.1) is 0 Å². The quantitative estimate of drug-likeness (QED) is 0.715. The number of morpholine rings is 1. The fraction of sp³-hybridized carbons (Fsp3) is 0.444. The van der Waals surface area contributed by atoms with Gasteiger partial charge in [-0.05, 0) is 30.2 Å². The van der Waals surface area contributed by atoms with E-state index in [4.69, 9.17) is 27.9 Å². The van der Waals surface area contributed by atoms with Crippen LogP contribution >= 0.6 is 23.2 Å². The van der Waals surface area contributed by atoms with Gasteiger partial charge in [0.1, 0.15) is 5.82 Å². The summed E-state index contributed by atoms with van der Waals surface area (Å²) in [5, 5.41) is 7.92. The van der Waals surface area contributed by atoms with Crippen molar-refractivity contribution in [3.05, 3.63) is 46.1 Å². The minimum Gasteiger partial charge on any atom is -0.379 e. The monoisotopic (exact) mass is 395 g/mol. The Morgan fingerprint density at radius 1 is 1.08 bits per heavy atom. The number of rotatable bonds is 8. The largest absolute Gasteiger partial charge is 0.379 e. The molecule has 6 nitrogen and oxygen atoms in total. The van der Waals surface area contributed by atoms with Crippen LogP contribution in [0, 0.1) is 0 Å². The summed E-state index contributed by atoms with van der Waals surface area (Å²) < 4.78 is 5.35. The minimum atomic E-state index is 0.632. The Labute approximate surface area is 163 Å². The second kappa shape index (κ2) is 9.92. The van der Waals surface area contributed by atoms with E-state index in [0.29, 0.717) is 16.0 Å². The van der Waals surface area contributed by atoms with E-state index in [0.717, 1.165) is 63.7 Å². The third-order valence-corrected chi connectivity index (χ3v) is 4.77. The van der Waals surface area contributed by atoms with Gasteiger partial charge in [0.25, 0.3) is 0 Å². The SMILES string of the molecule is Clc1ccc(CCNc2ccnc(NCCN3CCOCC3)n2)c(Cl)c1. The molecular weight excluding hydrogens is 373 g/mol. The molecule has 8 heteroatoms. The van der Waals surface area contributed by atoms with E-state index in [9.17, 15) is 0 Å². The molecule has 2 N–H and O–H groups in total. The number of benzene rings is 1. The van der Waals surface area contributed by atoms with E-state index in [1.807, 2.05) is 18.2 Å². The number of aromatic nitrogens is 2. The molecule has 26 heavy (non-hydrogen) atoms. The zero-order valence-electron chi connectivity index (χ0n) is 14.5. The average molecular weight is 396 g/mol. The van der Waals surface area contributed by atoms with Crippen molar-refractivity contribution in [1.82, 2.24) is 14.9 Å². The summed E-state index contributed by atoms with van der Waals surface area (Å²) in [6.45, 7) is 6.09. The molecular formula is C18H23Cl2N5O. The fourth-order valence-electron chi connectivity index (χ4n) is 2.74. The number of nitrogens with one attached hydrogen (secondary N) is 2. The standard InChI is InChI=1S/C18H23Cl2N5O/c19-15-2-1-14(16(20)13-15)3-5-21-17-4-6-22-18(24-17)23-7-8-25-9-11-26-12-10-25/h1-2,4,6,13H,3,5,7-12H2,(H2,21,22,23,24). The van der Waals surface area contributed by atoms with Crippen molar-refractivity contribution in [3.63, 3.8) is 0 Å². The summed E-state index contributed by atoms with van der Waals surface area (Å²) in [5.74, 6) is 1.42. The summed E-state index contributed by atoms with van der Waals surface area (Å²) in [5.41, 5.74) is 1.06. The van der Waals surface area contributed by atoms with E-state index in [-0.39, 0.29) is 0 Å². The molecule has 0 aliphatic carbocycles. The van der Waals surface area contributed by atoms with E-state index < -0.39 is 0 Å². The smallest absolute Gasteiger partial charge is 0.224 e. The summed E-state index contributed by atoms with van der Waals surface area (Å²) in [4.78, 5) is 11.1. The van der Waals surface area contributed by atoms with Crippen molar-refractivity contribution in [1.29, 1.82) is 0 Å². The molecule has 0 saturated carbocycles. The topological polar surface area (TPSA) is 62.3 Å². The van der Waals surface area contributed by atoms with Crippen molar-refractivity contribution >= 4 is 35.0 Å². The normalized spacial score (nSPS) is 15.0. The Hall–Kier alpha value is -1.60. The van der Waals surface area contributed by atoms with Gasteiger partial charge in [-0.3, -0.25) is 4.90 Å². The lowest BCUT2D eigenvalue weighted by atomic mass is 10.1. The summed E-state index contributed by atoms with van der Waals surface area (Å²) in [6.07, 6.45) is 2.54. The Morgan fingerprint density at radius 3 is 2.73 bits per heavy atom. The molecule has 1 aromatic heterocycles. The van der Waals surface area contributed by atoms with Crippen molar-refractivity contribution in [3.8, 4) is 0 Å². The van der Waals surface area contributed by atoms with Gasteiger partial charge in [-0.2, -0.15) is 4.98 Å². The van der Waals surface area contributed by atoms with Gasteiger partial charge in [0.05, 0.1) is 13.2 Å². The molecule has 1 aliphatic heterocycles. The average Bonchev–Trinajstić information content (AvgIpc) is 2.65. The van der Waals surface area contributed by atoms with Crippen LogP contribution in [0.15, 0.2) is 30.5 Å². The van der Waals surface area contributed by atoms with Gasteiger partial charge in [0, 0.05) is 49.0 Å². The molecule has 1 saturated heterocycles. The van der Waals surface area contributed by atoms with Crippen LogP contribution in [-0.2, 0) is 11.2 Å². The van der Waals surface area contributed by atoms with Crippen LogP contribution in [-0.4, -0.2) is 60.8 Å². The van der Waals surface area contributed by atoms with Crippen molar-refractivity contribution in [2.75, 3.05) is 56.6 Å². The molecule has 2 aromatic rings. The predicted molar refractivity (Wildman–Crippen MR) is 106 cm³/mol. The number of hydrogen-bond acceptors (Lipinski definition) is 6. The highest BCUT2D eigenvalue weighted by atomic mass is 35.5. The second-order valence-electron chi connectivity index (χ2n) is 6.06. The summed E-state index contributed by atoms with van der Waals surface area (Å²) in [7, 11) is 0. The summed E-state index contributed by atoms with van der Waals surface area (Å²) in [6, 6.07) is 7.42. The first kappa shape index (κ1) is 19.2. The van der Waals surface area contributed by atoms with E-state index in [1.54, 1.807) is 12.3 Å². The van der Waals surface area contributed by atoms with Crippen molar-refractivity contribution in [2.24, 2.45) is 0 Å². The number of halogens is 2. The van der Waals surface area contributed by atoms with Gasteiger partial charge in [-0.1, -0.05) is 29.3 Å². The Kier molecular flexibility index (Phi) is 7.32. The Morgan fingerprint density at radius 2 is 1.92 bits per heavy atom. The van der Waals surface area contributed by atoms with Crippen LogP contribution in [0.2, 0.25) is 10.0 Å². The van der Waals surface area contributed by atoms with Gasteiger partial charge >= 0.3 is 0 Å². The number of nitrogens with zero attached hydrogens (tertiary/aromatic N) is 3. The maximum atomic E-state index is 6.20. The van der Waals surface area contributed by atoms with E-state index >= 15 is 0 Å². The highest BCUT2D eigenvalue weighted by Gasteiger charge is 2.09. The lowest BCUT2D eigenvalue weighted by Gasteiger charge is -2.26. The summed E-state index contributed by atoms with van der Waals surface area (Å²) >= 11 is 12.1. The third kappa shape index (κ3) is 5.99. The highest BCUT2D eigenvalue weighted by Crippen LogP contribution is 2.21. The van der Waals surface area contributed by atoms with E-state index in [1.165, 1.54) is 0 Å². The van der Waals surface area contributed by atoms with Crippen LogP contribution in [0.5, 0.6) is 0 Å². The molecule has 1 fully saturated rings. The van der Waals surface area contributed by atoms with Gasteiger partial charge < -0.3 is 15.4 Å². The van der Waals surface area contributed by atoms with Crippen LogP contribution < -0.4 is 10.6 Å². The Balaban J connectivity index is 1.43. The minimum absolute atomic E-state index is 0.632. The van der Waals surface area contributed by atoms with Crippen LogP contribution in [0.4, 0.5) is 11.8 Å². The van der Waals surface area contributed by atoms with Gasteiger partial charge in [-0.25, -0.2) is 4.98 Å². The number of hydrogen-bond donors (Lipinski definition) is 2. The first-order chi connectivity index (χ1) is 12.7. The third-order valence-electron chi connectivity index (χ3n) is 4.19. The van der Waals surface area contributed by atoms with E-state index in [2.05, 4.69) is 25.5 Å². The molecule has 0 bridgehead atoms. The molecule has 0 spiro atoms. The molecule has 0 atom stereocenters. The maximum absolute atomic E-state index is 6.20. The fourth-order valence-corrected chi connectivity index (χ4v) is 3.25. The molecule has 0 radical (unpaired) electrons.